The van der Waals surface area contributed by atoms with Gasteiger partial charge >= 0.3 is 5.97 Å². The van der Waals surface area contributed by atoms with Crippen molar-refractivity contribution in [2.75, 3.05) is 0 Å². The summed E-state index contributed by atoms with van der Waals surface area (Å²) in [6.07, 6.45) is 5.66. The van der Waals surface area contributed by atoms with E-state index in [2.05, 4.69) is 20.8 Å². The van der Waals surface area contributed by atoms with Crippen LogP contribution in [0, 0.1) is 16.7 Å². The first-order valence-electron chi connectivity index (χ1n) is 7.15. The van der Waals surface area contributed by atoms with Crippen LogP contribution in [0.5, 0.6) is 0 Å². The van der Waals surface area contributed by atoms with Crippen molar-refractivity contribution < 1.29 is 15.0 Å². The molecular formula is C15H28O3. The zero-order valence-electron chi connectivity index (χ0n) is 12.2. The summed E-state index contributed by atoms with van der Waals surface area (Å²) in [4.78, 5) is 9.76. The lowest BCUT2D eigenvalue weighted by molar-refractivity contribution is -0.137. The third-order valence-electron chi connectivity index (χ3n) is 5.49. The molecule has 3 nitrogen and oxygen atoms in total. The number of hydrogen-bond acceptors (Lipinski definition) is 2. The molecule has 2 saturated carbocycles. The molecule has 2 fully saturated rings. The van der Waals surface area contributed by atoms with Gasteiger partial charge in [-0.1, -0.05) is 34.1 Å². The van der Waals surface area contributed by atoms with Crippen LogP contribution in [0.3, 0.4) is 0 Å². The molecule has 0 heterocycles. The molecule has 2 bridgehead atoms. The van der Waals surface area contributed by atoms with Gasteiger partial charge in [-0.05, 0) is 42.4 Å². The Morgan fingerprint density at radius 2 is 1.94 bits per heavy atom. The lowest BCUT2D eigenvalue weighted by Crippen LogP contribution is -2.35. The van der Waals surface area contributed by atoms with E-state index in [1.54, 1.807) is 0 Å². The Hall–Kier alpha value is -0.570. The lowest BCUT2D eigenvalue weighted by atomic mass is 9.70. The van der Waals surface area contributed by atoms with Crippen molar-refractivity contribution in [3.05, 3.63) is 0 Å². The Kier molecular flexibility index (Phi) is 4.82. The van der Waals surface area contributed by atoms with E-state index in [1.807, 2.05) is 6.92 Å². The highest BCUT2D eigenvalue weighted by molar-refractivity contribution is 5.66. The molecule has 0 aliphatic heterocycles. The molecule has 0 aromatic heterocycles. The quantitative estimate of drug-likeness (QED) is 0.813. The van der Waals surface area contributed by atoms with Crippen molar-refractivity contribution in [1.82, 2.24) is 0 Å². The summed E-state index contributed by atoms with van der Waals surface area (Å²) in [6.45, 7) is 8.87. The maximum atomic E-state index is 9.81. The van der Waals surface area contributed by atoms with Crippen LogP contribution in [0.15, 0.2) is 0 Å². The van der Waals surface area contributed by atoms with Crippen LogP contribution in [-0.4, -0.2) is 22.3 Å². The average molecular weight is 256 g/mol. The van der Waals surface area contributed by atoms with E-state index >= 15 is 0 Å². The molecule has 0 saturated heterocycles. The lowest BCUT2D eigenvalue weighted by Gasteiger charge is -2.36. The fraction of sp³-hybridized carbons (Fsp3) is 0.933. The number of unbranched alkanes of at least 4 members (excludes halogenated alkanes) is 1. The highest BCUT2D eigenvalue weighted by Crippen LogP contribution is 2.65. The van der Waals surface area contributed by atoms with Gasteiger partial charge in [0.25, 0.3) is 0 Å². The third kappa shape index (κ3) is 2.71. The van der Waals surface area contributed by atoms with Gasteiger partial charge in [-0.15, -0.1) is 0 Å². The van der Waals surface area contributed by atoms with Crippen molar-refractivity contribution in [3.63, 3.8) is 0 Å². The summed E-state index contributed by atoms with van der Waals surface area (Å²) < 4.78 is 0. The van der Waals surface area contributed by atoms with E-state index in [4.69, 9.17) is 5.11 Å². The molecule has 3 heteroatoms. The topological polar surface area (TPSA) is 57.5 Å². The van der Waals surface area contributed by atoms with Crippen LogP contribution in [0.2, 0.25) is 0 Å². The van der Waals surface area contributed by atoms with Gasteiger partial charge in [0.05, 0.1) is 6.10 Å². The molecule has 2 aliphatic carbocycles. The Morgan fingerprint density at radius 3 is 2.11 bits per heavy atom. The van der Waals surface area contributed by atoms with Crippen LogP contribution in [0.4, 0.5) is 0 Å². The maximum absolute atomic E-state index is 9.81. The first-order valence-corrected chi connectivity index (χ1v) is 7.15. The van der Waals surface area contributed by atoms with E-state index < -0.39 is 5.97 Å². The van der Waals surface area contributed by atoms with Crippen molar-refractivity contribution in [2.24, 2.45) is 16.7 Å². The van der Waals surface area contributed by atoms with Gasteiger partial charge in [0.15, 0.2) is 0 Å². The predicted octanol–water partition coefficient (Wildman–Crippen LogP) is 3.45. The molecule has 3 unspecified atom stereocenters. The fourth-order valence-electron chi connectivity index (χ4n) is 3.49. The first kappa shape index (κ1) is 15.5. The van der Waals surface area contributed by atoms with Gasteiger partial charge < -0.3 is 10.2 Å². The molecule has 0 amide bonds. The van der Waals surface area contributed by atoms with Crippen molar-refractivity contribution in [1.29, 1.82) is 0 Å². The van der Waals surface area contributed by atoms with Gasteiger partial charge in [0.1, 0.15) is 0 Å². The van der Waals surface area contributed by atoms with Gasteiger partial charge in [-0.2, -0.15) is 0 Å². The normalized spacial score (nSPS) is 36.1. The summed E-state index contributed by atoms with van der Waals surface area (Å²) in [5.41, 5.74) is 0.601. The van der Waals surface area contributed by atoms with E-state index in [1.165, 1.54) is 12.8 Å². The number of aliphatic carboxylic acids is 1. The number of carboxylic acids is 1. The molecule has 0 aromatic carbocycles. The van der Waals surface area contributed by atoms with E-state index in [0.29, 0.717) is 11.8 Å². The molecule has 106 valence electrons. The molecule has 0 spiro atoms. The minimum atomic E-state index is -0.693. The Bertz CT molecular complexity index is 298. The minimum absolute atomic E-state index is 0.0313. The van der Waals surface area contributed by atoms with Crippen LogP contribution in [-0.2, 0) is 4.79 Å². The Labute approximate surface area is 111 Å². The van der Waals surface area contributed by atoms with Gasteiger partial charge in [-0.25, -0.2) is 0 Å². The fourth-order valence-corrected chi connectivity index (χ4v) is 3.49. The van der Waals surface area contributed by atoms with Crippen molar-refractivity contribution in [3.8, 4) is 0 Å². The average Bonchev–Trinajstić information content (AvgIpc) is 2.60. The van der Waals surface area contributed by atoms with E-state index in [-0.39, 0.29) is 11.5 Å². The summed E-state index contributed by atoms with van der Waals surface area (Å²) in [7, 11) is 0. The summed E-state index contributed by atoms with van der Waals surface area (Å²) in [5, 5.41) is 17.9. The van der Waals surface area contributed by atoms with Crippen LogP contribution in [0.25, 0.3) is 0 Å². The zero-order valence-corrected chi connectivity index (χ0v) is 12.2. The molecular weight excluding hydrogens is 228 g/mol. The Balaban J connectivity index is 0.000000203. The number of carboxylic acid groups (broad SMARTS) is 1. The zero-order chi connectivity index (χ0) is 14.0. The highest BCUT2D eigenvalue weighted by Gasteiger charge is 2.60. The number of hydrogen-bond donors (Lipinski definition) is 2. The minimum Gasteiger partial charge on any atom is -0.481 e. The van der Waals surface area contributed by atoms with Crippen molar-refractivity contribution in [2.45, 2.75) is 72.3 Å². The summed E-state index contributed by atoms with van der Waals surface area (Å²) in [6, 6.07) is 0. The van der Waals surface area contributed by atoms with Crippen LogP contribution in [0.1, 0.15) is 66.2 Å². The molecule has 2 rings (SSSR count). The van der Waals surface area contributed by atoms with Crippen LogP contribution >= 0.6 is 0 Å². The van der Waals surface area contributed by atoms with Crippen LogP contribution < -0.4 is 0 Å². The maximum Gasteiger partial charge on any atom is 0.303 e. The largest absolute Gasteiger partial charge is 0.481 e. The van der Waals surface area contributed by atoms with E-state index in [9.17, 15) is 9.90 Å². The molecule has 0 radical (unpaired) electrons. The van der Waals surface area contributed by atoms with Gasteiger partial charge in [-0.3, -0.25) is 4.79 Å². The number of fused-ring (bicyclic) bond motifs is 2. The van der Waals surface area contributed by atoms with Gasteiger partial charge in [0.2, 0.25) is 0 Å². The smallest absolute Gasteiger partial charge is 0.303 e. The number of aliphatic hydroxyl groups excluding tert-OH is 1. The monoisotopic (exact) mass is 256 g/mol. The number of aliphatic hydroxyl groups is 1. The predicted molar refractivity (Wildman–Crippen MR) is 72.4 cm³/mol. The molecule has 2 N–H and O–H groups in total. The van der Waals surface area contributed by atoms with Gasteiger partial charge in [0, 0.05) is 6.42 Å². The number of rotatable bonds is 3. The molecule has 18 heavy (non-hydrogen) atoms. The Morgan fingerprint density at radius 1 is 1.33 bits per heavy atom. The number of carbonyl (C=O) groups is 1. The van der Waals surface area contributed by atoms with Crippen molar-refractivity contribution >= 4 is 5.97 Å². The summed E-state index contributed by atoms with van der Waals surface area (Å²) in [5.74, 6) is 0.0874. The summed E-state index contributed by atoms with van der Waals surface area (Å²) >= 11 is 0. The second-order valence-corrected chi connectivity index (χ2v) is 6.62. The second-order valence-electron chi connectivity index (χ2n) is 6.62. The molecule has 2 aliphatic rings. The first-order chi connectivity index (χ1) is 8.25. The second kappa shape index (κ2) is 5.60. The standard InChI is InChI=1S/C10H18O.C5H10O2/c1-9(2)7-4-5-10(9,3)8(11)6-7;1-2-3-4-5(6)7/h7-8,11H,4-6H2,1-3H3;2-4H2,1H3,(H,6,7). The molecule has 3 atom stereocenters. The van der Waals surface area contributed by atoms with E-state index in [0.717, 1.165) is 25.2 Å². The SMILES string of the molecule is CC1(C)C2CCC1(C)C(O)C2.CCCCC(=O)O. The molecule has 0 aromatic rings. The third-order valence-corrected chi connectivity index (χ3v) is 5.49. The highest BCUT2D eigenvalue weighted by atomic mass is 16.4.